The van der Waals surface area contributed by atoms with Crippen LogP contribution in [0.4, 0.5) is 5.69 Å². The molecule has 3 amide bonds. The van der Waals surface area contributed by atoms with Gasteiger partial charge in [-0.3, -0.25) is 19.3 Å². The van der Waals surface area contributed by atoms with Crippen molar-refractivity contribution in [3.05, 3.63) is 36.4 Å². The number of amides is 3. The standard InChI is InChI=1S/C21H24N2O4/c1-3-22(15-7-9-16(10-8-15)27-4-2)17(24)12-23-20(25)18-13-5-6-14(11-13)19(18)21(23)26/h5-10,13-14,18-19H,3-4,11-12H2,1-2H3/t13-,14-,18-,19+/m0/s1. The zero-order chi connectivity index (χ0) is 19.1. The number of allylic oxidation sites excluding steroid dienone is 2. The van der Waals surface area contributed by atoms with Gasteiger partial charge in [-0.2, -0.15) is 0 Å². The lowest BCUT2D eigenvalue weighted by Crippen LogP contribution is -2.44. The molecule has 2 fully saturated rings. The predicted molar refractivity (Wildman–Crippen MR) is 100 cm³/mol. The molecule has 0 N–H and O–H groups in total. The summed E-state index contributed by atoms with van der Waals surface area (Å²) >= 11 is 0. The molecule has 2 aliphatic carbocycles. The predicted octanol–water partition coefficient (Wildman–Crippen LogP) is 2.25. The number of fused-ring (bicyclic) bond motifs is 5. The van der Waals surface area contributed by atoms with Crippen molar-refractivity contribution in [3.8, 4) is 5.75 Å². The molecule has 0 radical (unpaired) electrons. The first-order valence-electron chi connectivity index (χ1n) is 9.62. The summed E-state index contributed by atoms with van der Waals surface area (Å²) < 4.78 is 5.43. The highest BCUT2D eigenvalue weighted by Crippen LogP contribution is 2.52. The third-order valence-corrected chi connectivity index (χ3v) is 5.93. The van der Waals surface area contributed by atoms with Crippen LogP contribution in [0.1, 0.15) is 20.3 Å². The lowest BCUT2D eigenvalue weighted by Gasteiger charge is -2.24. The topological polar surface area (TPSA) is 66.9 Å². The number of carbonyl (C=O) groups is 3. The average molecular weight is 368 g/mol. The maximum atomic E-state index is 12.9. The van der Waals surface area contributed by atoms with Crippen molar-refractivity contribution < 1.29 is 19.1 Å². The molecule has 0 aromatic heterocycles. The summed E-state index contributed by atoms with van der Waals surface area (Å²) in [5.74, 6) is -0.0819. The quantitative estimate of drug-likeness (QED) is 0.571. The fourth-order valence-electron chi connectivity index (χ4n) is 4.73. The van der Waals surface area contributed by atoms with Crippen LogP contribution >= 0.6 is 0 Å². The Balaban J connectivity index is 1.48. The van der Waals surface area contributed by atoms with Crippen molar-refractivity contribution in [1.82, 2.24) is 4.90 Å². The van der Waals surface area contributed by atoms with Crippen molar-refractivity contribution in [1.29, 1.82) is 0 Å². The molecular formula is C21H24N2O4. The Morgan fingerprint density at radius 2 is 1.67 bits per heavy atom. The van der Waals surface area contributed by atoms with E-state index in [1.165, 1.54) is 4.90 Å². The minimum atomic E-state index is -0.263. The molecule has 6 heteroatoms. The second kappa shape index (κ2) is 6.83. The molecular weight excluding hydrogens is 344 g/mol. The summed E-state index contributed by atoms with van der Waals surface area (Å²) in [5, 5.41) is 0. The molecule has 1 saturated carbocycles. The fraction of sp³-hybridized carbons (Fsp3) is 0.476. The molecule has 4 rings (SSSR count). The Hall–Kier alpha value is -2.63. The molecule has 1 saturated heterocycles. The third-order valence-electron chi connectivity index (χ3n) is 5.93. The van der Waals surface area contributed by atoms with Crippen LogP contribution in [0.25, 0.3) is 0 Å². The highest BCUT2D eigenvalue weighted by molar-refractivity contribution is 6.10. The van der Waals surface area contributed by atoms with Crippen molar-refractivity contribution in [3.63, 3.8) is 0 Å². The number of carbonyl (C=O) groups excluding carboxylic acids is 3. The first-order valence-corrected chi connectivity index (χ1v) is 9.62. The lowest BCUT2D eigenvalue weighted by molar-refractivity contribution is -0.143. The zero-order valence-electron chi connectivity index (χ0n) is 15.6. The van der Waals surface area contributed by atoms with Crippen LogP contribution in [0.15, 0.2) is 36.4 Å². The van der Waals surface area contributed by atoms with Crippen LogP contribution in [0.2, 0.25) is 0 Å². The lowest BCUT2D eigenvalue weighted by atomic mass is 9.85. The van der Waals surface area contributed by atoms with E-state index in [0.29, 0.717) is 13.2 Å². The number of hydrogen-bond acceptors (Lipinski definition) is 4. The number of anilines is 1. The number of imide groups is 1. The molecule has 142 valence electrons. The van der Waals surface area contributed by atoms with Gasteiger partial charge < -0.3 is 9.64 Å². The van der Waals surface area contributed by atoms with E-state index >= 15 is 0 Å². The van der Waals surface area contributed by atoms with E-state index in [0.717, 1.165) is 17.9 Å². The van der Waals surface area contributed by atoms with Crippen LogP contribution in [0, 0.1) is 23.7 Å². The molecule has 27 heavy (non-hydrogen) atoms. The number of ether oxygens (including phenoxy) is 1. The minimum absolute atomic E-state index is 0.157. The van der Waals surface area contributed by atoms with Crippen LogP contribution in [-0.2, 0) is 14.4 Å². The molecule has 1 heterocycles. The molecule has 4 atom stereocenters. The zero-order valence-corrected chi connectivity index (χ0v) is 15.6. The average Bonchev–Trinajstić information content (AvgIpc) is 3.34. The molecule has 2 bridgehead atoms. The Bertz CT molecular complexity index is 771. The van der Waals surface area contributed by atoms with Gasteiger partial charge in [-0.1, -0.05) is 12.2 Å². The first-order chi connectivity index (χ1) is 13.0. The number of likely N-dealkylation sites (N-methyl/N-ethyl adjacent to an activating group) is 1. The maximum Gasteiger partial charge on any atom is 0.247 e. The number of likely N-dealkylation sites (tertiary alicyclic amines) is 1. The van der Waals surface area contributed by atoms with Gasteiger partial charge in [0.25, 0.3) is 0 Å². The van der Waals surface area contributed by atoms with Crippen molar-refractivity contribution in [2.45, 2.75) is 20.3 Å². The van der Waals surface area contributed by atoms with Crippen LogP contribution in [-0.4, -0.2) is 42.3 Å². The van der Waals surface area contributed by atoms with Gasteiger partial charge in [0.15, 0.2) is 0 Å². The highest BCUT2D eigenvalue weighted by Gasteiger charge is 2.59. The van der Waals surface area contributed by atoms with Gasteiger partial charge in [0.1, 0.15) is 12.3 Å². The van der Waals surface area contributed by atoms with E-state index in [1.807, 2.05) is 38.1 Å². The Morgan fingerprint density at radius 3 is 2.19 bits per heavy atom. The summed E-state index contributed by atoms with van der Waals surface area (Å²) in [6.45, 7) is 4.64. The van der Waals surface area contributed by atoms with Gasteiger partial charge in [-0.15, -0.1) is 0 Å². The Kier molecular flexibility index (Phi) is 4.50. The summed E-state index contributed by atoms with van der Waals surface area (Å²) in [7, 11) is 0. The van der Waals surface area contributed by atoms with Gasteiger partial charge in [0.2, 0.25) is 17.7 Å². The molecule has 1 aliphatic heterocycles. The summed E-state index contributed by atoms with van der Waals surface area (Å²) in [4.78, 5) is 41.2. The van der Waals surface area contributed by atoms with Crippen LogP contribution in [0.3, 0.4) is 0 Å². The normalized spacial score (nSPS) is 28.0. The van der Waals surface area contributed by atoms with E-state index in [-0.39, 0.29) is 47.9 Å². The maximum absolute atomic E-state index is 12.9. The van der Waals surface area contributed by atoms with Crippen molar-refractivity contribution in [2.24, 2.45) is 23.7 Å². The summed E-state index contributed by atoms with van der Waals surface area (Å²) in [6, 6.07) is 7.27. The van der Waals surface area contributed by atoms with E-state index in [4.69, 9.17) is 4.74 Å². The number of benzene rings is 1. The van der Waals surface area contributed by atoms with Gasteiger partial charge in [0, 0.05) is 12.2 Å². The van der Waals surface area contributed by atoms with Gasteiger partial charge in [-0.05, 0) is 56.4 Å². The smallest absolute Gasteiger partial charge is 0.247 e. The van der Waals surface area contributed by atoms with Gasteiger partial charge in [0.05, 0.1) is 18.4 Å². The van der Waals surface area contributed by atoms with E-state index in [9.17, 15) is 14.4 Å². The largest absolute Gasteiger partial charge is 0.494 e. The van der Waals surface area contributed by atoms with E-state index in [2.05, 4.69) is 12.2 Å². The SMILES string of the molecule is CCOc1ccc(N(CC)C(=O)CN2C(=O)[C@@H]3[C@H](C2=O)[C@H]2C=C[C@H]3C2)cc1. The molecule has 1 aromatic carbocycles. The van der Waals surface area contributed by atoms with Gasteiger partial charge in [-0.25, -0.2) is 0 Å². The van der Waals surface area contributed by atoms with E-state index in [1.54, 1.807) is 4.90 Å². The Labute approximate surface area is 158 Å². The second-order valence-electron chi connectivity index (χ2n) is 7.33. The molecule has 3 aliphatic rings. The van der Waals surface area contributed by atoms with Crippen molar-refractivity contribution >= 4 is 23.4 Å². The fourth-order valence-corrected chi connectivity index (χ4v) is 4.73. The van der Waals surface area contributed by atoms with Crippen molar-refractivity contribution in [2.75, 3.05) is 24.6 Å². The number of hydrogen-bond donors (Lipinski definition) is 0. The third kappa shape index (κ3) is 2.83. The van der Waals surface area contributed by atoms with Gasteiger partial charge >= 0.3 is 0 Å². The first kappa shape index (κ1) is 17.8. The Morgan fingerprint density at radius 1 is 1.07 bits per heavy atom. The molecule has 0 spiro atoms. The summed E-state index contributed by atoms with van der Waals surface area (Å²) in [5.41, 5.74) is 0.729. The summed E-state index contributed by atoms with van der Waals surface area (Å²) in [6.07, 6.45) is 5.00. The highest BCUT2D eigenvalue weighted by atomic mass is 16.5. The molecule has 6 nitrogen and oxygen atoms in total. The minimum Gasteiger partial charge on any atom is -0.494 e. The van der Waals surface area contributed by atoms with E-state index < -0.39 is 0 Å². The van der Waals surface area contributed by atoms with Crippen LogP contribution in [0.5, 0.6) is 5.75 Å². The monoisotopic (exact) mass is 368 g/mol. The molecule has 0 unspecified atom stereocenters. The second-order valence-corrected chi connectivity index (χ2v) is 7.33. The van der Waals surface area contributed by atoms with Crippen LogP contribution < -0.4 is 9.64 Å². The molecule has 1 aromatic rings. The number of rotatable bonds is 6. The number of nitrogens with zero attached hydrogens (tertiary/aromatic N) is 2.